The SMILES string of the molecule is Cc1cccc(NCC(=O)N2CCOCC2)c1Br. The van der Waals surface area contributed by atoms with Gasteiger partial charge in [-0.15, -0.1) is 0 Å². The molecule has 1 aromatic rings. The average molecular weight is 313 g/mol. The van der Waals surface area contributed by atoms with Gasteiger partial charge in [0, 0.05) is 23.2 Å². The summed E-state index contributed by atoms with van der Waals surface area (Å²) in [6.45, 7) is 5.01. The second-order valence-corrected chi connectivity index (χ2v) is 5.08. The van der Waals surface area contributed by atoms with Crippen molar-refractivity contribution >= 4 is 27.5 Å². The molecule has 0 bridgehead atoms. The molecule has 0 aliphatic carbocycles. The van der Waals surface area contributed by atoms with Gasteiger partial charge >= 0.3 is 0 Å². The molecule has 0 unspecified atom stereocenters. The lowest BCUT2D eigenvalue weighted by Crippen LogP contribution is -2.43. The van der Waals surface area contributed by atoms with Crippen LogP contribution in [0.4, 0.5) is 5.69 Å². The maximum absolute atomic E-state index is 12.0. The highest BCUT2D eigenvalue weighted by atomic mass is 79.9. The third kappa shape index (κ3) is 3.23. The number of nitrogens with zero attached hydrogens (tertiary/aromatic N) is 1. The summed E-state index contributed by atoms with van der Waals surface area (Å²) in [5, 5.41) is 3.17. The van der Waals surface area contributed by atoms with Crippen molar-refractivity contribution in [2.45, 2.75) is 6.92 Å². The fraction of sp³-hybridized carbons (Fsp3) is 0.462. The van der Waals surface area contributed by atoms with E-state index in [-0.39, 0.29) is 5.91 Å². The van der Waals surface area contributed by atoms with E-state index in [1.54, 1.807) is 0 Å². The van der Waals surface area contributed by atoms with Gasteiger partial charge in [-0.2, -0.15) is 0 Å². The second kappa shape index (κ2) is 6.20. The summed E-state index contributed by atoms with van der Waals surface area (Å²) in [6.07, 6.45) is 0. The maximum atomic E-state index is 12.0. The molecular formula is C13H17BrN2O2. The van der Waals surface area contributed by atoms with Gasteiger partial charge in [0.2, 0.25) is 5.91 Å². The largest absolute Gasteiger partial charge is 0.378 e. The zero-order chi connectivity index (χ0) is 13.0. The third-order valence-corrected chi connectivity index (χ3v) is 4.04. The molecule has 1 fully saturated rings. The highest BCUT2D eigenvalue weighted by molar-refractivity contribution is 9.10. The maximum Gasteiger partial charge on any atom is 0.242 e. The number of nitrogens with one attached hydrogen (secondary N) is 1. The van der Waals surface area contributed by atoms with Crippen LogP contribution in [-0.4, -0.2) is 43.7 Å². The van der Waals surface area contributed by atoms with Gasteiger partial charge in [-0.25, -0.2) is 0 Å². The molecule has 98 valence electrons. The summed E-state index contributed by atoms with van der Waals surface area (Å²) >= 11 is 3.52. The van der Waals surface area contributed by atoms with Crippen molar-refractivity contribution in [1.29, 1.82) is 0 Å². The van der Waals surface area contributed by atoms with E-state index in [9.17, 15) is 4.79 Å². The lowest BCUT2D eigenvalue weighted by Gasteiger charge is -2.27. The molecule has 0 atom stereocenters. The van der Waals surface area contributed by atoms with E-state index in [0.29, 0.717) is 32.8 Å². The first-order valence-corrected chi connectivity index (χ1v) is 6.82. The predicted octanol–water partition coefficient (Wildman–Crippen LogP) is 2.03. The van der Waals surface area contributed by atoms with E-state index in [1.165, 1.54) is 0 Å². The first-order chi connectivity index (χ1) is 8.68. The van der Waals surface area contributed by atoms with Gasteiger partial charge in [-0.3, -0.25) is 4.79 Å². The van der Waals surface area contributed by atoms with E-state index in [2.05, 4.69) is 21.2 Å². The Kier molecular flexibility index (Phi) is 4.60. The van der Waals surface area contributed by atoms with Crippen LogP contribution in [-0.2, 0) is 9.53 Å². The fourth-order valence-electron chi connectivity index (χ4n) is 1.88. The predicted molar refractivity (Wildman–Crippen MR) is 74.8 cm³/mol. The van der Waals surface area contributed by atoms with Crippen LogP contribution in [0, 0.1) is 6.92 Å². The quantitative estimate of drug-likeness (QED) is 0.928. The molecule has 4 nitrogen and oxygen atoms in total. The standard InChI is InChI=1S/C13H17BrN2O2/c1-10-3-2-4-11(13(10)14)15-9-12(17)16-5-7-18-8-6-16/h2-4,15H,5-9H2,1H3. The number of benzene rings is 1. The van der Waals surface area contributed by atoms with Crippen molar-refractivity contribution in [1.82, 2.24) is 4.90 Å². The van der Waals surface area contributed by atoms with Gasteiger partial charge in [0.15, 0.2) is 0 Å². The topological polar surface area (TPSA) is 41.6 Å². The van der Waals surface area contributed by atoms with Crippen molar-refractivity contribution in [2.75, 3.05) is 38.2 Å². The molecule has 5 heteroatoms. The van der Waals surface area contributed by atoms with Crippen LogP contribution < -0.4 is 5.32 Å². The Balaban J connectivity index is 1.90. The number of aryl methyl sites for hydroxylation is 1. The molecule has 1 aliphatic rings. The minimum Gasteiger partial charge on any atom is -0.378 e. The Morgan fingerprint density at radius 2 is 2.17 bits per heavy atom. The highest BCUT2D eigenvalue weighted by Crippen LogP contribution is 2.25. The third-order valence-electron chi connectivity index (χ3n) is 2.99. The van der Waals surface area contributed by atoms with Gasteiger partial charge in [0.1, 0.15) is 0 Å². The zero-order valence-corrected chi connectivity index (χ0v) is 12.0. The summed E-state index contributed by atoms with van der Waals surface area (Å²) in [5.74, 6) is 0.117. The molecule has 0 aromatic heterocycles. The average Bonchev–Trinajstić information content (AvgIpc) is 2.41. The van der Waals surface area contributed by atoms with E-state index in [1.807, 2.05) is 30.0 Å². The first-order valence-electron chi connectivity index (χ1n) is 6.03. The summed E-state index contributed by atoms with van der Waals surface area (Å²) in [4.78, 5) is 13.8. The van der Waals surface area contributed by atoms with Crippen molar-refractivity contribution in [3.8, 4) is 0 Å². The molecular weight excluding hydrogens is 296 g/mol. The minimum atomic E-state index is 0.117. The van der Waals surface area contributed by atoms with Crippen LogP contribution in [0.5, 0.6) is 0 Å². The number of amides is 1. The van der Waals surface area contributed by atoms with Crippen molar-refractivity contribution in [3.63, 3.8) is 0 Å². The summed E-state index contributed by atoms with van der Waals surface area (Å²) in [6, 6.07) is 5.96. The second-order valence-electron chi connectivity index (χ2n) is 4.28. The zero-order valence-electron chi connectivity index (χ0n) is 10.4. The Labute approximate surface area is 115 Å². The molecule has 0 saturated carbocycles. The van der Waals surface area contributed by atoms with Gasteiger partial charge in [-0.05, 0) is 34.5 Å². The van der Waals surface area contributed by atoms with Gasteiger partial charge in [-0.1, -0.05) is 12.1 Å². The monoisotopic (exact) mass is 312 g/mol. The van der Waals surface area contributed by atoms with E-state index in [4.69, 9.17) is 4.74 Å². The van der Waals surface area contributed by atoms with Crippen LogP contribution in [0.3, 0.4) is 0 Å². The van der Waals surface area contributed by atoms with E-state index in [0.717, 1.165) is 15.7 Å². The molecule has 1 aromatic carbocycles. The molecule has 0 spiro atoms. The number of ether oxygens (including phenoxy) is 1. The number of rotatable bonds is 3. The minimum absolute atomic E-state index is 0.117. The van der Waals surface area contributed by atoms with Crippen LogP contribution in [0.2, 0.25) is 0 Å². The van der Waals surface area contributed by atoms with Gasteiger partial charge in [0.05, 0.1) is 19.8 Å². The van der Waals surface area contributed by atoms with Crippen LogP contribution in [0.15, 0.2) is 22.7 Å². The Hall–Kier alpha value is -1.07. The molecule has 1 amide bonds. The molecule has 1 N–H and O–H groups in total. The molecule has 1 saturated heterocycles. The summed E-state index contributed by atoms with van der Waals surface area (Å²) < 4.78 is 6.24. The Morgan fingerprint density at radius 3 is 2.89 bits per heavy atom. The Bertz CT molecular complexity index is 431. The number of halogens is 1. The van der Waals surface area contributed by atoms with Crippen LogP contribution >= 0.6 is 15.9 Å². The normalized spacial score (nSPS) is 15.6. The number of carbonyl (C=O) groups excluding carboxylic acids is 1. The number of carbonyl (C=O) groups is 1. The Morgan fingerprint density at radius 1 is 1.44 bits per heavy atom. The van der Waals surface area contributed by atoms with Gasteiger partial charge < -0.3 is 15.0 Å². The highest BCUT2D eigenvalue weighted by Gasteiger charge is 2.16. The van der Waals surface area contributed by atoms with Crippen molar-refractivity contribution in [3.05, 3.63) is 28.2 Å². The van der Waals surface area contributed by atoms with Gasteiger partial charge in [0.25, 0.3) is 0 Å². The summed E-state index contributed by atoms with van der Waals surface area (Å²) in [7, 11) is 0. The molecule has 0 radical (unpaired) electrons. The first kappa shape index (κ1) is 13.4. The van der Waals surface area contributed by atoms with E-state index < -0.39 is 0 Å². The molecule has 1 heterocycles. The summed E-state index contributed by atoms with van der Waals surface area (Å²) in [5.41, 5.74) is 2.11. The number of anilines is 1. The number of morpholine rings is 1. The lowest BCUT2D eigenvalue weighted by atomic mass is 10.2. The fourth-order valence-corrected chi connectivity index (χ4v) is 2.28. The lowest BCUT2D eigenvalue weighted by molar-refractivity contribution is -0.133. The van der Waals surface area contributed by atoms with E-state index >= 15 is 0 Å². The number of hydrogen-bond donors (Lipinski definition) is 1. The van der Waals surface area contributed by atoms with Crippen LogP contribution in [0.1, 0.15) is 5.56 Å². The molecule has 1 aliphatic heterocycles. The van der Waals surface area contributed by atoms with Crippen molar-refractivity contribution in [2.24, 2.45) is 0 Å². The number of hydrogen-bond acceptors (Lipinski definition) is 3. The molecule has 18 heavy (non-hydrogen) atoms. The smallest absolute Gasteiger partial charge is 0.242 e. The van der Waals surface area contributed by atoms with Crippen molar-refractivity contribution < 1.29 is 9.53 Å². The molecule has 2 rings (SSSR count). The van der Waals surface area contributed by atoms with Crippen LogP contribution in [0.25, 0.3) is 0 Å².